The molecular weight excluding hydrogens is 310 g/mol. The largest absolute Gasteiger partial charge is 0.333 e. The van der Waals surface area contributed by atoms with Crippen molar-refractivity contribution >= 4 is 34.0 Å². The number of aryl methyl sites for hydroxylation is 2. The number of hydrogen-bond donors (Lipinski definition) is 1. The van der Waals surface area contributed by atoms with E-state index in [0.717, 1.165) is 40.1 Å². The molecule has 3 aromatic heterocycles. The van der Waals surface area contributed by atoms with E-state index in [2.05, 4.69) is 21.3 Å². The average Bonchev–Trinajstić information content (AvgIpc) is 3.05. The highest BCUT2D eigenvalue weighted by Gasteiger charge is 2.39. The molecule has 112 valence electrons. The third-order valence-corrected chi connectivity index (χ3v) is 5.21. The van der Waals surface area contributed by atoms with Crippen LogP contribution >= 0.6 is 23.7 Å². The molecule has 21 heavy (non-hydrogen) atoms. The van der Waals surface area contributed by atoms with Gasteiger partial charge >= 0.3 is 0 Å². The van der Waals surface area contributed by atoms with Gasteiger partial charge in [0, 0.05) is 12.4 Å². The summed E-state index contributed by atoms with van der Waals surface area (Å²) < 4.78 is 7.27. The monoisotopic (exact) mass is 325 g/mol. The Labute approximate surface area is 131 Å². The molecule has 2 N–H and O–H groups in total. The fourth-order valence-corrected chi connectivity index (χ4v) is 3.66. The van der Waals surface area contributed by atoms with Crippen molar-refractivity contribution < 1.29 is 4.52 Å². The molecule has 0 amide bonds. The minimum Gasteiger partial charge on any atom is -0.333 e. The number of fused-ring (bicyclic) bond motifs is 1. The lowest BCUT2D eigenvalue weighted by Crippen LogP contribution is -2.44. The predicted octanol–water partition coefficient (Wildman–Crippen LogP) is 2.75. The molecule has 0 atom stereocenters. The zero-order valence-electron chi connectivity index (χ0n) is 11.8. The van der Waals surface area contributed by atoms with E-state index in [0.29, 0.717) is 11.7 Å². The average molecular weight is 326 g/mol. The van der Waals surface area contributed by atoms with Crippen molar-refractivity contribution in [2.45, 2.75) is 31.7 Å². The van der Waals surface area contributed by atoms with Gasteiger partial charge in [0.15, 0.2) is 5.82 Å². The lowest BCUT2D eigenvalue weighted by molar-refractivity contribution is 0.229. The van der Waals surface area contributed by atoms with Gasteiger partial charge in [-0.15, -0.1) is 23.7 Å². The van der Waals surface area contributed by atoms with Crippen LogP contribution in [0.1, 0.15) is 30.8 Å². The maximum absolute atomic E-state index is 6.22. The minimum absolute atomic E-state index is 0. The summed E-state index contributed by atoms with van der Waals surface area (Å²) in [5.41, 5.74) is 6.86. The van der Waals surface area contributed by atoms with Crippen LogP contribution in [0.2, 0.25) is 0 Å². The molecule has 0 aromatic carbocycles. The third-order valence-electron chi connectivity index (χ3n) is 4.02. The molecule has 0 radical (unpaired) electrons. The van der Waals surface area contributed by atoms with Crippen LogP contribution in [-0.2, 0) is 12.6 Å². The quantitative estimate of drug-likeness (QED) is 0.783. The molecule has 0 aliphatic heterocycles. The Morgan fingerprint density at radius 1 is 1.43 bits per heavy atom. The fourth-order valence-electron chi connectivity index (χ4n) is 2.62. The summed E-state index contributed by atoms with van der Waals surface area (Å²) in [5, 5.41) is 9.59. The number of rotatable bonds is 2. The first kappa shape index (κ1) is 14.5. The molecular formula is C13H16ClN5OS. The highest BCUT2D eigenvalue weighted by molar-refractivity contribution is 7.21. The van der Waals surface area contributed by atoms with Crippen LogP contribution in [0.3, 0.4) is 0 Å². The molecule has 0 spiro atoms. The van der Waals surface area contributed by atoms with E-state index in [4.69, 9.17) is 10.3 Å². The maximum Gasteiger partial charge on any atom is 0.268 e. The molecule has 6 nitrogen and oxygen atoms in total. The van der Waals surface area contributed by atoms with Crippen molar-refractivity contribution in [2.75, 3.05) is 0 Å². The minimum atomic E-state index is -0.379. The summed E-state index contributed by atoms with van der Waals surface area (Å²) >= 11 is 1.61. The van der Waals surface area contributed by atoms with Crippen molar-refractivity contribution in [2.24, 2.45) is 12.8 Å². The van der Waals surface area contributed by atoms with Gasteiger partial charge in [-0.3, -0.25) is 4.68 Å². The number of nitrogens with zero attached hydrogens (tertiary/aromatic N) is 4. The summed E-state index contributed by atoms with van der Waals surface area (Å²) in [4.78, 5) is 6.57. The first-order valence-electron chi connectivity index (χ1n) is 6.63. The first-order valence-corrected chi connectivity index (χ1v) is 7.45. The zero-order chi connectivity index (χ0) is 13.9. The molecule has 0 bridgehead atoms. The van der Waals surface area contributed by atoms with Gasteiger partial charge in [0.2, 0.25) is 0 Å². The van der Waals surface area contributed by atoms with Gasteiger partial charge in [-0.25, -0.2) is 0 Å². The van der Waals surface area contributed by atoms with Crippen LogP contribution < -0.4 is 5.73 Å². The highest BCUT2D eigenvalue weighted by atomic mass is 35.5. The molecule has 1 aliphatic rings. The summed E-state index contributed by atoms with van der Waals surface area (Å²) in [6, 6.07) is 2.06. The van der Waals surface area contributed by atoms with E-state index in [-0.39, 0.29) is 17.9 Å². The fraction of sp³-hybridized carbons (Fsp3) is 0.462. The van der Waals surface area contributed by atoms with Crippen molar-refractivity contribution in [1.82, 2.24) is 19.9 Å². The van der Waals surface area contributed by atoms with Gasteiger partial charge < -0.3 is 10.3 Å². The van der Waals surface area contributed by atoms with E-state index < -0.39 is 0 Å². The summed E-state index contributed by atoms with van der Waals surface area (Å²) in [5.74, 6) is 1.18. The zero-order valence-corrected chi connectivity index (χ0v) is 13.4. The maximum atomic E-state index is 6.22. The van der Waals surface area contributed by atoms with Crippen LogP contribution in [0.5, 0.6) is 0 Å². The van der Waals surface area contributed by atoms with E-state index in [1.807, 2.05) is 18.7 Å². The second kappa shape index (κ2) is 4.79. The van der Waals surface area contributed by atoms with Crippen LogP contribution in [0, 0.1) is 6.92 Å². The topological polar surface area (TPSA) is 82.8 Å². The second-order valence-corrected chi connectivity index (χ2v) is 6.50. The van der Waals surface area contributed by atoms with Crippen molar-refractivity contribution in [1.29, 1.82) is 0 Å². The molecule has 3 aromatic rings. The molecule has 1 aliphatic carbocycles. The Balaban J connectivity index is 0.00000132. The Morgan fingerprint density at radius 2 is 2.19 bits per heavy atom. The van der Waals surface area contributed by atoms with E-state index in [1.165, 1.54) is 0 Å². The van der Waals surface area contributed by atoms with Gasteiger partial charge in [0.05, 0.1) is 16.1 Å². The van der Waals surface area contributed by atoms with Gasteiger partial charge in [-0.1, -0.05) is 5.16 Å². The van der Waals surface area contributed by atoms with E-state index >= 15 is 0 Å². The third kappa shape index (κ3) is 2.07. The number of hydrogen-bond acceptors (Lipinski definition) is 6. The lowest BCUT2D eigenvalue weighted by atomic mass is 9.77. The second-order valence-electron chi connectivity index (χ2n) is 5.47. The standard InChI is InChI=1S/C13H15N5OS.ClH/c1-7-8-6-9(20-11(8)18(2)16-7)10-15-12(17-19-10)13(14)4-3-5-13;/h6H,3-5,14H2,1-2H3;1H. The van der Waals surface area contributed by atoms with Gasteiger partial charge in [0.1, 0.15) is 4.83 Å². The van der Waals surface area contributed by atoms with Crippen LogP contribution in [-0.4, -0.2) is 19.9 Å². The molecule has 1 saturated carbocycles. The van der Waals surface area contributed by atoms with Crippen LogP contribution in [0.15, 0.2) is 10.6 Å². The molecule has 0 saturated heterocycles. The Hall–Kier alpha value is -1.44. The number of halogens is 1. The smallest absolute Gasteiger partial charge is 0.268 e. The van der Waals surface area contributed by atoms with E-state index in [1.54, 1.807) is 11.3 Å². The summed E-state index contributed by atoms with van der Waals surface area (Å²) in [6.07, 6.45) is 3.00. The van der Waals surface area contributed by atoms with Crippen molar-refractivity contribution in [3.63, 3.8) is 0 Å². The van der Waals surface area contributed by atoms with Gasteiger partial charge in [-0.2, -0.15) is 10.1 Å². The van der Waals surface area contributed by atoms with Crippen LogP contribution in [0.25, 0.3) is 21.0 Å². The number of aromatic nitrogens is 4. The Morgan fingerprint density at radius 3 is 2.81 bits per heavy atom. The summed E-state index contributed by atoms with van der Waals surface area (Å²) in [6.45, 7) is 2.00. The Bertz CT molecular complexity index is 766. The molecule has 0 unspecified atom stereocenters. The molecule has 1 fully saturated rings. The molecule has 8 heteroatoms. The van der Waals surface area contributed by atoms with Gasteiger partial charge in [-0.05, 0) is 32.3 Å². The van der Waals surface area contributed by atoms with Crippen molar-refractivity contribution in [3.8, 4) is 10.8 Å². The highest BCUT2D eigenvalue weighted by Crippen LogP contribution is 2.39. The van der Waals surface area contributed by atoms with E-state index in [9.17, 15) is 0 Å². The number of thiophene rings is 1. The summed E-state index contributed by atoms with van der Waals surface area (Å²) in [7, 11) is 1.94. The Kier molecular flexibility index (Phi) is 3.31. The van der Waals surface area contributed by atoms with Gasteiger partial charge in [0.25, 0.3) is 5.89 Å². The predicted molar refractivity (Wildman–Crippen MR) is 83.6 cm³/mol. The number of nitrogens with two attached hydrogens (primary N) is 1. The SMILES string of the molecule is Cc1nn(C)c2sc(-c3nc(C4(N)CCC4)no3)cc12.Cl. The van der Waals surface area contributed by atoms with Crippen molar-refractivity contribution in [3.05, 3.63) is 17.6 Å². The molecule has 4 rings (SSSR count). The first-order chi connectivity index (χ1) is 9.57. The normalized spacial score (nSPS) is 16.7. The lowest BCUT2D eigenvalue weighted by Gasteiger charge is -2.34. The molecule has 3 heterocycles. The van der Waals surface area contributed by atoms with Crippen LogP contribution in [0.4, 0.5) is 0 Å².